The third kappa shape index (κ3) is 4.43. The summed E-state index contributed by atoms with van der Waals surface area (Å²) in [6, 6.07) is 52.3. The van der Waals surface area contributed by atoms with Crippen molar-refractivity contribution in [2.24, 2.45) is 0 Å². The number of hydrogen-bond donors (Lipinski definition) is 0. The molecule has 4 heteroatoms. The van der Waals surface area contributed by atoms with Crippen molar-refractivity contribution in [1.29, 1.82) is 0 Å². The first kappa shape index (κ1) is 25.4. The maximum absolute atomic E-state index is 6.56. The van der Waals surface area contributed by atoms with Crippen LogP contribution in [0.5, 0.6) is 0 Å². The Hall–Kier alpha value is -6.13. The van der Waals surface area contributed by atoms with Crippen LogP contribution < -0.4 is 0 Å². The molecule has 4 nitrogen and oxygen atoms in total. The van der Waals surface area contributed by atoms with Crippen LogP contribution in [0.25, 0.3) is 88.8 Å². The summed E-state index contributed by atoms with van der Waals surface area (Å²) in [7, 11) is 0. The Kier molecular flexibility index (Phi) is 5.78. The topological polar surface area (TPSA) is 51.8 Å². The molecule has 0 aliphatic rings. The highest BCUT2D eigenvalue weighted by Gasteiger charge is 2.18. The van der Waals surface area contributed by atoms with Crippen LogP contribution in [0.2, 0.25) is 0 Å². The smallest absolute Gasteiger partial charge is 0.167 e. The molecule has 0 fully saturated rings. The second-order valence-electron chi connectivity index (χ2n) is 11.3. The second-order valence-corrected chi connectivity index (χ2v) is 11.3. The summed E-state index contributed by atoms with van der Waals surface area (Å²) in [6.45, 7) is 0. The SMILES string of the molecule is c1ccc(-c2ccc(-c3nc(-c4ccc5ccccc5c4)nc(-c4cccc5c4oc4cc6ccccc6cc45)n3)cc2)cc1. The quantitative estimate of drug-likeness (QED) is 0.209. The fourth-order valence-corrected chi connectivity index (χ4v) is 6.18. The Morgan fingerprint density at radius 3 is 1.71 bits per heavy atom. The molecule has 0 aliphatic carbocycles. The molecule has 2 heterocycles. The van der Waals surface area contributed by atoms with Gasteiger partial charge in [0, 0.05) is 21.9 Å². The van der Waals surface area contributed by atoms with E-state index in [1.54, 1.807) is 0 Å². The van der Waals surface area contributed by atoms with Gasteiger partial charge in [-0.05, 0) is 56.9 Å². The number of aromatic nitrogens is 3. The number of hydrogen-bond acceptors (Lipinski definition) is 4. The molecule has 9 aromatic rings. The van der Waals surface area contributed by atoms with Crippen molar-refractivity contribution in [2.75, 3.05) is 0 Å². The molecule has 0 aliphatic heterocycles. The van der Waals surface area contributed by atoms with Crippen molar-refractivity contribution in [3.63, 3.8) is 0 Å². The van der Waals surface area contributed by atoms with Crippen LogP contribution in [0.3, 0.4) is 0 Å². The van der Waals surface area contributed by atoms with Crippen molar-refractivity contribution in [2.45, 2.75) is 0 Å². The maximum atomic E-state index is 6.56. The fourth-order valence-electron chi connectivity index (χ4n) is 6.18. The van der Waals surface area contributed by atoms with E-state index in [1.165, 1.54) is 16.3 Å². The third-order valence-corrected chi connectivity index (χ3v) is 8.50. The molecule has 9 rings (SSSR count). The highest BCUT2D eigenvalue weighted by molar-refractivity contribution is 6.13. The van der Waals surface area contributed by atoms with E-state index in [1.807, 2.05) is 12.1 Å². The van der Waals surface area contributed by atoms with Crippen molar-refractivity contribution in [1.82, 2.24) is 15.0 Å². The van der Waals surface area contributed by atoms with Gasteiger partial charge < -0.3 is 4.42 Å². The predicted octanol–water partition coefficient (Wildman–Crippen LogP) is 10.7. The predicted molar refractivity (Wildman–Crippen MR) is 184 cm³/mol. The molecule has 0 spiro atoms. The van der Waals surface area contributed by atoms with E-state index >= 15 is 0 Å². The molecule has 0 atom stereocenters. The van der Waals surface area contributed by atoms with Gasteiger partial charge in [-0.2, -0.15) is 0 Å². The summed E-state index contributed by atoms with van der Waals surface area (Å²) >= 11 is 0. The highest BCUT2D eigenvalue weighted by atomic mass is 16.3. The zero-order valence-electron chi connectivity index (χ0n) is 24.2. The Labute approximate surface area is 259 Å². The average Bonchev–Trinajstić information content (AvgIpc) is 3.48. The van der Waals surface area contributed by atoms with Gasteiger partial charge in [-0.15, -0.1) is 0 Å². The fraction of sp³-hybridized carbons (Fsp3) is 0. The summed E-state index contributed by atoms with van der Waals surface area (Å²) in [5.41, 5.74) is 6.61. The van der Waals surface area contributed by atoms with Gasteiger partial charge in [0.2, 0.25) is 0 Å². The van der Waals surface area contributed by atoms with Gasteiger partial charge in [0.15, 0.2) is 17.5 Å². The number of nitrogens with zero attached hydrogens (tertiary/aromatic N) is 3. The van der Waals surface area contributed by atoms with Gasteiger partial charge in [0.05, 0.1) is 5.56 Å². The Morgan fingerprint density at radius 2 is 0.933 bits per heavy atom. The molecule has 0 radical (unpaired) electrons. The summed E-state index contributed by atoms with van der Waals surface area (Å²) in [4.78, 5) is 15.1. The minimum atomic E-state index is 0.574. The number of furan rings is 1. The number of benzene rings is 7. The Morgan fingerprint density at radius 1 is 0.356 bits per heavy atom. The summed E-state index contributed by atoms with van der Waals surface area (Å²) < 4.78 is 6.56. The van der Waals surface area contributed by atoms with Gasteiger partial charge in [-0.3, -0.25) is 0 Å². The van der Waals surface area contributed by atoms with E-state index in [-0.39, 0.29) is 0 Å². The van der Waals surface area contributed by atoms with Crippen LogP contribution in [0, 0.1) is 0 Å². The number of fused-ring (bicyclic) bond motifs is 5. The first-order chi connectivity index (χ1) is 22.3. The second kappa shape index (κ2) is 10.2. The lowest BCUT2D eigenvalue weighted by molar-refractivity contribution is 0.670. The van der Waals surface area contributed by atoms with Crippen molar-refractivity contribution in [3.05, 3.63) is 152 Å². The molecular weight excluding hydrogens is 550 g/mol. The molecular formula is C41H25N3O. The largest absolute Gasteiger partial charge is 0.455 e. The van der Waals surface area contributed by atoms with Gasteiger partial charge in [-0.1, -0.05) is 127 Å². The lowest BCUT2D eigenvalue weighted by Gasteiger charge is -2.10. The van der Waals surface area contributed by atoms with Gasteiger partial charge in [0.1, 0.15) is 11.2 Å². The number of rotatable bonds is 4. The molecule has 0 N–H and O–H groups in total. The van der Waals surface area contributed by atoms with Gasteiger partial charge in [-0.25, -0.2) is 15.0 Å². The Balaban J connectivity index is 1.25. The number of para-hydroxylation sites is 1. The zero-order chi connectivity index (χ0) is 29.7. The van der Waals surface area contributed by atoms with Crippen LogP contribution in [0.15, 0.2) is 156 Å². The lowest BCUT2D eigenvalue weighted by Crippen LogP contribution is -2.00. The van der Waals surface area contributed by atoms with E-state index in [4.69, 9.17) is 19.4 Å². The zero-order valence-corrected chi connectivity index (χ0v) is 24.2. The average molecular weight is 576 g/mol. The van der Waals surface area contributed by atoms with Gasteiger partial charge >= 0.3 is 0 Å². The minimum absolute atomic E-state index is 0.574. The molecule has 7 aromatic carbocycles. The van der Waals surface area contributed by atoms with E-state index in [2.05, 4.69) is 140 Å². The molecule has 45 heavy (non-hydrogen) atoms. The third-order valence-electron chi connectivity index (χ3n) is 8.50. The molecule has 0 amide bonds. The van der Waals surface area contributed by atoms with Crippen molar-refractivity contribution >= 4 is 43.5 Å². The normalized spacial score (nSPS) is 11.6. The van der Waals surface area contributed by atoms with Crippen LogP contribution in [0.4, 0.5) is 0 Å². The molecule has 210 valence electrons. The molecule has 0 saturated carbocycles. The van der Waals surface area contributed by atoms with Crippen LogP contribution >= 0.6 is 0 Å². The van der Waals surface area contributed by atoms with Crippen LogP contribution in [0.1, 0.15) is 0 Å². The van der Waals surface area contributed by atoms with Crippen LogP contribution in [-0.4, -0.2) is 15.0 Å². The lowest BCUT2D eigenvalue weighted by atomic mass is 10.0. The van der Waals surface area contributed by atoms with Gasteiger partial charge in [0.25, 0.3) is 0 Å². The molecule has 0 saturated heterocycles. The molecule has 2 aromatic heterocycles. The van der Waals surface area contributed by atoms with E-state index in [9.17, 15) is 0 Å². The van der Waals surface area contributed by atoms with E-state index in [0.29, 0.717) is 17.5 Å². The molecule has 0 bridgehead atoms. The van der Waals surface area contributed by atoms with Crippen molar-refractivity contribution in [3.8, 4) is 45.3 Å². The summed E-state index contributed by atoms with van der Waals surface area (Å²) in [6.07, 6.45) is 0. The Bertz CT molecular complexity index is 2530. The maximum Gasteiger partial charge on any atom is 0.167 e. The summed E-state index contributed by atoms with van der Waals surface area (Å²) in [5, 5.41) is 6.74. The monoisotopic (exact) mass is 575 g/mol. The highest BCUT2D eigenvalue weighted by Crippen LogP contribution is 2.37. The van der Waals surface area contributed by atoms with Crippen molar-refractivity contribution < 1.29 is 4.42 Å². The van der Waals surface area contributed by atoms with E-state index in [0.717, 1.165) is 55.0 Å². The first-order valence-corrected chi connectivity index (χ1v) is 15.0. The summed E-state index contributed by atoms with van der Waals surface area (Å²) in [5.74, 6) is 1.80. The molecule has 0 unspecified atom stereocenters. The van der Waals surface area contributed by atoms with Crippen LogP contribution in [-0.2, 0) is 0 Å². The minimum Gasteiger partial charge on any atom is -0.455 e. The van der Waals surface area contributed by atoms with E-state index < -0.39 is 0 Å². The first-order valence-electron chi connectivity index (χ1n) is 15.0. The standard InChI is InChI=1S/C41H25N3O/c1-2-9-26(10-3-1)28-17-20-29(21-18-28)39-42-40(33-22-19-27-11-4-5-12-30(27)23-33)44-41(43-39)35-16-8-15-34-36-24-31-13-6-7-14-32(31)25-37(36)45-38(34)35/h1-25H.